The third-order valence-electron chi connectivity index (χ3n) is 5.93. The van der Waals surface area contributed by atoms with E-state index in [-0.39, 0.29) is 29.4 Å². The summed E-state index contributed by atoms with van der Waals surface area (Å²) in [5.41, 5.74) is 0.968. The van der Waals surface area contributed by atoms with E-state index in [0.717, 1.165) is 19.3 Å². The highest BCUT2D eigenvalue weighted by Gasteiger charge is 2.63. The van der Waals surface area contributed by atoms with Gasteiger partial charge in [0.15, 0.2) is 0 Å². The van der Waals surface area contributed by atoms with Crippen LogP contribution in [0.15, 0.2) is 16.8 Å². The first-order valence-electron chi connectivity index (χ1n) is 8.78. The van der Waals surface area contributed by atoms with E-state index < -0.39 is 10.0 Å². The molecule has 0 saturated carbocycles. The van der Waals surface area contributed by atoms with Crippen molar-refractivity contribution in [1.29, 1.82) is 0 Å². The van der Waals surface area contributed by atoms with Crippen molar-refractivity contribution in [1.82, 2.24) is 9.62 Å². The van der Waals surface area contributed by atoms with E-state index in [9.17, 15) is 13.2 Å². The van der Waals surface area contributed by atoms with Gasteiger partial charge in [-0.3, -0.25) is 4.79 Å². The predicted molar refractivity (Wildman–Crippen MR) is 95.9 cm³/mol. The van der Waals surface area contributed by atoms with E-state index in [1.807, 2.05) is 10.3 Å². The van der Waals surface area contributed by atoms with Crippen LogP contribution in [0.1, 0.15) is 24.8 Å². The third kappa shape index (κ3) is 3.37. The van der Waals surface area contributed by atoms with Gasteiger partial charge in [0, 0.05) is 31.3 Å². The molecule has 1 spiro atoms. The molecule has 3 aliphatic rings. The second-order valence-corrected chi connectivity index (χ2v) is 10.2. The summed E-state index contributed by atoms with van der Waals surface area (Å²) in [7, 11) is -3.21. The molecule has 3 aliphatic heterocycles. The Labute approximate surface area is 152 Å². The van der Waals surface area contributed by atoms with E-state index >= 15 is 0 Å². The predicted octanol–water partition coefficient (Wildman–Crippen LogP) is 1.24. The van der Waals surface area contributed by atoms with Crippen LogP contribution in [0, 0.1) is 11.8 Å². The van der Waals surface area contributed by atoms with Gasteiger partial charge < -0.3 is 9.64 Å². The maximum absolute atomic E-state index is 12.6. The van der Waals surface area contributed by atoms with Gasteiger partial charge in [-0.2, -0.15) is 11.3 Å². The Hall–Kier alpha value is -0.960. The minimum atomic E-state index is -3.21. The van der Waals surface area contributed by atoms with Crippen LogP contribution in [-0.2, 0) is 26.0 Å². The van der Waals surface area contributed by atoms with Crippen LogP contribution in [-0.4, -0.2) is 56.8 Å². The third-order valence-corrected chi connectivity index (χ3v) is 7.35. The number of carbonyl (C=O) groups is 1. The number of likely N-dealkylation sites (tertiary alicyclic amines) is 1. The molecule has 8 heteroatoms. The lowest BCUT2D eigenvalue weighted by Crippen LogP contribution is -2.41. The van der Waals surface area contributed by atoms with Gasteiger partial charge in [0.1, 0.15) is 0 Å². The number of hydrogen-bond donors (Lipinski definition) is 1. The molecule has 1 amide bonds. The van der Waals surface area contributed by atoms with Crippen LogP contribution in [0.2, 0.25) is 0 Å². The summed E-state index contributed by atoms with van der Waals surface area (Å²) in [5.74, 6) is 0.584. The minimum Gasteiger partial charge on any atom is -0.369 e. The van der Waals surface area contributed by atoms with Crippen molar-refractivity contribution in [3.05, 3.63) is 22.4 Å². The van der Waals surface area contributed by atoms with Gasteiger partial charge in [0.05, 0.1) is 24.5 Å². The molecule has 4 heterocycles. The van der Waals surface area contributed by atoms with E-state index in [4.69, 9.17) is 4.74 Å². The SMILES string of the molecule is CS(=O)(=O)NC[C@H]1[C@H]2CN(C(=O)CCc3ccsc3)C[C@]23CC[C@H]1O3. The number of nitrogens with one attached hydrogen (secondary N) is 1. The highest BCUT2D eigenvalue weighted by molar-refractivity contribution is 7.88. The number of thiophene rings is 1. The van der Waals surface area contributed by atoms with Gasteiger partial charge in [-0.1, -0.05) is 0 Å². The molecular formula is C17H24N2O4S2. The smallest absolute Gasteiger partial charge is 0.223 e. The quantitative estimate of drug-likeness (QED) is 0.801. The van der Waals surface area contributed by atoms with Gasteiger partial charge in [-0.25, -0.2) is 13.1 Å². The van der Waals surface area contributed by atoms with Crippen LogP contribution in [0.3, 0.4) is 0 Å². The molecule has 0 radical (unpaired) electrons. The van der Waals surface area contributed by atoms with E-state index in [0.29, 0.717) is 26.1 Å². The molecule has 4 rings (SSSR count). The summed E-state index contributed by atoms with van der Waals surface area (Å²) in [5, 5.41) is 4.12. The van der Waals surface area contributed by atoms with Crippen LogP contribution >= 0.6 is 11.3 Å². The topological polar surface area (TPSA) is 75.7 Å². The number of nitrogens with zero attached hydrogens (tertiary/aromatic N) is 1. The average Bonchev–Trinajstić information content (AvgIpc) is 3.29. The molecule has 138 valence electrons. The van der Waals surface area contributed by atoms with Crippen LogP contribution in [0.25, 0.3) is 0 Å². The molecule has 0 aliphatic carbocycles. The first kappa shape index (κ1) is 17.5. The Morgan fingerprint density at radius 2 is 2.36 bits per heavy atom. The first-order valence-corrected chi connectivity index (χ1v) is 11.6. The fraction of sp³-hybridized carbons (Fsp3) is 0.706. The number of ether oxygens (including phenoxy) is 1. The first-order chi connectivity index (χ1) is 11.9. The molecule has 3 saturated heterocycles. The molecular weight excluding hydrogens is 360 g/mol. The number of hydrogen-bond acceptors (Lipinski definition) is 5. The summed E-state index contributed by atoms with van der Waals surface area (Å²) >= 11 is 1.65. The highest BCUT2D eigenvalue weighted by atomic mass is 32.2. The van der Waals surface area contributed by atoms with Gasteiger partial charge in [0.25, 0.3) is 0 Å². The number of aryl methyl sites for hydroxylation is 1. The van der Waals surface area contributed by atoms with Gasteiger partial charge in [-0.15, -0.1) is 0 Å². The molecule has 2 bridgehead atoms. The fourth-order valence-electron chi connectivity index (χ4n) is 4.75. The van der Waals surface area contributed by atoms with Crippen LogP contribution < -0.4 is 4.72 Å². The van der Waals surface area contributed by atoms with E-state index in [1.54, 1.807) is 11.3 Å². The van der Waals surface area contributed by atoms with Crippen molar-refractivity contribution in [3.8, 4) is 0 Å². The van der Waals surface area contributed by atoms with Crippen molar-refractivity contribution in [2.24, 2.45) is 11.8 Å². The zero-order valence-corrected chi connectivity index (χ0v) is 15.9. The second kappa shape index (κ2) is 6.33. The normalized spacial score (nSPS) is 33.8. The standard InChI is InChI=1S/C17H24N2O4S2/c1-25(21,22)18-8-13-14-9-19(11-17(14)6-4-15(13)23-17)16(20)3-2-12-5-7-24-10-12/h5,7,10,13-15,18H,2-4,6,8-9,11H2,1H3/t13-,14+,15+,17+/m0/s1. The summed E-state index contributed by atoms with van der Waals surface area (Å²) in [6, 6.07) is 2.06. The fourth-order valence-corrected chi connectivity index (χ4v) is 5.94. The monoisotopic (exact) mass is 384 g/mol. The summed E-state index contributed by atoms with van der Waals surface area (Å²) in [6.07, 6.45) is 4.55. The van der Waals surface area contributed by atoms with Crippen molar-refractivity contribution < 1.29 is 17.9 Å². The molecule has 1 N–H and O–H groups in total. The highest BCUT2D eigenvalue weighted by Crippen LogP contribution is 2.54. The second-order valence-electron chi connectivity index (χ2n) is 7.56. The average molecular weight is 385 g/mol. The van der Waals surface area contributed by atoms with Crippen molar-refractivity contribution in [3.63, 3.8) is 0 Å². The number of sulfonamides is 1. The lowest BCUT2D eigenvalue weighted by molar-refractivity contribution is -0.131. The molecule has 0 aromatic carbocycles. The van der Waals surface area contributed by atoms with E-state index in [1.165, 1.54) is 11.8 Å². The Morgan fingerprint density at radius 3 is 3.08 bits per heavy atom. The Morgan fingerprint density at radius 1 is 1.52 bits per heavy atom. The molecule has 25 heavy (non-hydrogen) atoms. The minimum absolute atomic E-state index is 0.127. The summed E-state index contributed by atoms with van der Waals surface area (Å²) < 4.78 is 31.8. The number of carbonyl (C=O) groups excluding carboxylic acids is 1. The van der Waals surface area contributed by atoms with Gasteiger partial charge in [-0.05, 0) is 41.7 Å². The summed E-state index contributed by atoms with van der Waals surface area (Å²) in [6.45, 7) is 1.76. The molecule has 4 atom stereocenters. The van der Waals surface area contributed by atoms with E-state index in [2.05, 4.69) is 16.2 Å². The molecule has 6 nitrogen and oxygen atoms in total. The maximum Gasteiger partial charge on any atom is 0.223 e. The zero-order chi connectivity index (χ0) is 17.7. The molecule has 1 aromatic heterocycles. The van der Waals surface area contributed by atoms with Crippen LogP contribution in [0.5, 0.6) is 0 Å². The zero-order valence-electron chi connectivity index (χ0n) is 14.3. The lowest BCUT2D eigenvalue weighted by Gasteiger charge is -2.29. The van der Waals surface area contributed by atoms with Gasteiger partial charge in [0.2, 0.25) is 15.9 Å². The number of fused-ring (bicyclic) bond motifs is 1. The number of amides is 1. The van der Waals surface area contributed by atoms with Crippen molar-refractivity contribution >= 4 is 27.3 Å². The molecule has 0 unspecified atom stereocenters. The largest absolute Gasteiger partial charge is 0.369 e. The maximum atomic E-state index is 12.6. The van der Waals surface area contributed by atoms with Crippen molar-refractivity contribution in [2.75, 3.05) is 25.9 Å². The molecule has 3 fully saturated rings. The Bertz CT molecular complexity index is 749. The number of rotatable bonds is 6. The van der Waals surface area contributed by atoms with Gasteiger partial charge >= 0.3 is 0 Å². The Kier molecular flexibility index (Phi) is 4.42. The Balaban J connectivity index is 1.40. The summed E-state index contributed by atoms with van der Waals surface area (Å²) in [4.78, 5) is 14.6. The molecule has 1 aromatic rings. The van der Waals surface area contributed by atoms with Crippen molar-refractivity contribution in [2.45, 2.75) is 37.4 Å². The lowest BCUT2D eigenvalue weighted by atomic mass is 9.74. The van der Waals surface area contributed by atoms with Crippen LogP contribution in [0.4, 0.5) is 0 Å².